The number of aromatic nitrogens is 2. The lowest BCUT2D eigenvalue weighted by Gasteiger charge is -2.35. The Morgan fingerprint density at radius 2 is 1.79 bits per heavy atom. The molecule has 7 heteroatoms. The molecule has 1 aliphatic carbocycles. The Balaban J connectivity index is 1.65. The third-order valence-electron chi connectivity index (χ3n) is 7.48. The third-order valence-corrected chi connectivity index (χ3v) is 7.48. The number of nitrogens with one attached hydrogen (secondary N) is 2. The fraction of sp³-hybridized carbons (Fsp3) is 0.704. The lowest BCUT2D eigenvalue weighted by Crippen LogP contribution is -2.42. The van der Waals surface area contributed by atoms with Gasteiger partial charge in [-0.3, -0.25) is 0 Å². The minimum atomic E-state index is 0.441. The lowest BCUT2D eigenvalue weighted by atomic mass is 9.88. The van der Waals surface area contributed by atoms with Crippen LogP contribution in [0.25, 0.3) is 10.9 Å². The summed E-state index contributed by atoms with van der Waals surface area (Å²) < 4.78 is 5.78. The molecule has 1 saturated heterocycles. The van der Waals surface area contributed by atoms with Gasteiger partial charge in [-0.15, -0.1) is 0 Å². The molecule has 7 nitrogen and oxygen atoms in total. The predicted molar refractivity (Wildman–Crippen MR) is 142 cm³/mol. The first-order chi connectivity index (χ1) is 16.4. The van der Waals surface area contributed by atoms with Gasteiger partial charge in [-0.25, -0.2) is 9.97 Å². The molecule has 2 N–H and O–H groups in total. The number of benzene rings is 1. The van der Waals surface area contributed by atoms with Gasteiger partial charge >= 0.3 is 0 Å². The summed E-state index contributed by atoms with van der Waals surface area (Å²) in [4.78, 5) is 15.0. The van der Waals surface area contributed by atoms with Crippen molar-refractivity contribution in [3.05, 3.63) is 18.0 Å². The summed E-state index contributed by atoms with van der Waals surface area (Å²) in [6, 6.07) is 5.33. The highest BCUT2D eigenvalue weighted by molar-refractivity contribution is 5.93. The molecule has 0 atom stereocenters. The number of rotatable bonds is 9. The number of hydrogen-bond donors (Lipinski definition) is 2. The van der Waals surface area contributed by atoms with E-state index in [1.807, 2.05) is 0 Å². The number of nitrogens with zero attached hydrogens (tertiary/aromatic N) is 4. The summed E-state index contributed by atoms with van der Waals surface area (Å²) in [6.07, 6.45) is 8.57. The van der Waals surface area contributed by atoms with Crippen LogP contribution in [-0.2, 0) is 0 Å². The fourth-order valence-electron chi connectivity index (χ4n) is 5.30. The SMILES string of the molecule is COc1cc2c(NC3CCN(C(C)C)CC3)nc(C3CCCCC3)nc2cc1NCCN(C)C. The number of methoxy groups -OCH3 is 1. The zero-order chi connectivity index (χ0) is 24.1. The number of likely N-dealkylation sites (N-methyl/N-ethyl adjacent to an activating group) is 1. The Kier molecular flexibility index (Phi) is 8.48. The van der Waals surface area contributed by atoms with E-state index >= 15 is 0 Å². The van der Waals surface area contributed by atoms with E-state index in [4.69, 9.17) is 14.7 Å². The number of anilines is 2. The first-order valence-corrected chi connectivity index (χ1v) is 13.2. The Bertz CT molecular complexity index is 932. The van der Waals surface area contributed by atoms with Crippen molar-refractivity contribution >= 4 is 22.4 Å². The van der Waals surface area contributed by atoms with E-state index in [-0.39, 0.29) is 0 Å². The quantitative estimate of drug-likeness (QED) is 0.540. The molecule has 1 aliphatic heterocycles. The summed E-state index contributed by atoms with van der Waals surface area (Å²) in [6.45, 7) is 8.67. The smallest absolute Gasteiger partial charge is 0.142 e. The largest absolute Gasteiger partial charge is 0.495 e. The van der Waals surface area contributed by atoms with Crippen molar-refractivity contribution in [3.8, 4) is 5.75 Å². The molecule has 1 aromatic carbocycles. The zero-order valence-corrected chi connectivity index (χ0v) is 21.9. The normalized spacial score (nSPS) is 18.7. The second-order valence-electron chi connectivity index (χ2n) is 10.6. The maximum absolute atomic E-state index is 5.78. The Morgan fingerprint density at radius 3 is 2.44 bits per heavy atom. The summed E-state index contributed by atoms with van der Waals surface area (Å²) in [5.74, 6) is 3.30. The first kappa shape index (κ1) is 25.0. The van der Waals surface area contributed by atoms with Crippen LogP contribution in [0.3, 0.4) is 0 Å². The first-order valence-electron chi connectivity index (χ1n) is 13.2. The van der Waals surface area contributed by atoms with Gasteiger partial charge in [-0.2, -0.15) is 0 Å². The molecule has 34 heavy (non-hydrogen) atoms. The van der Waals surface area contributed by atoms with Crippen LogP contribution in [0.2, 0.25) is 0 Å². The van der Waals surface area contributed by atoms with Gasteiger partial charge < -0.3 is 25.2 Å². The highest BCUT2D eigenvalue weighted by Crippen LogP contribution is 2.37. The minimum absolute atomic E-state index is 0.441. The van der Waals surface area contributed by atoms with Crippen molar-refractivity contribution in [2.24, 2.45) is 0 Å². The van der Waals surface area contributed by atoms with Crippen molar-refractivity contribution < 1.29 is 4.74 Å². The van der Waals surface area contributed by atoms with Crippen LogP contribution in [0.5, 0.6) is 5.75 Å². The van der Waals surface area contributed by atoms with Crippen LogP contribution < -0.4 is 15.4 Å². The van der Waals surface area contributed by atoms with Crippen LogP contribution in [0.15, 0.2) is 12.1 Å². The second kappa shape index (κ2) is 11.5. The molecule has 1 aromatic heterocycles. The molecule has 2 aromatic rings. The van der Waals surface area contributed by atoms with Crippen LogP contribution in [-0.4, -0.2) is 79.2 Å². The molecular formula is C27H44N6O. The van der Waals surface area contributed by atoms with E-state index in [1.165, 1.54) is 32.1 Å². The molecule has 4 rings (SSSR count). The maximum atomic E-state index is 5.78. The third kappa shape index (κ3) is 6.11. The van der Waals surface area contributed by atoms with Gasteiger partial charge in [-0.05, 0) is 65.8 Å². The van der Waals surface area contributed by atoms with Gasteiger partial charge in [0.25, 0.3) is 0 Å². The monoisotopic (exact) mass is 468 g/mol. The van der Waals surface area contributed by atoms with E-state index in [1.54, 1.807) is 7.11 Å². The molecule has 0 unspecified atom stereocenters. The molecule has 0 amide bonds. The van der Waals surface area contributed by atoms with Gasteiger partial charge in [0.1, 0.15) is 17.4 Å². The van der Waals surface area contributed by atoms with Crippen LogP contribution in [0.1, 0.15) is 70.5 Å². The minimum Gasteiger partial charge on any atom is -0.495 e. The standard InChI is InChI=1S/C27H44N6O/c1-19(2)33-14-11-21(12-15-33)29-27-22-17-25(34-5)24(28-13-16-32(3)4)18-23(22)30-26(31-27)20-9-7-6-8-10-20/h17-21,28H,6-16H2,1-5H3,(H,29,30,31). The van der Waals surface area contributed by atoms with E-state index in [9.17, 15) is 0 Å². The summed E-state index contributed by atoms with van der Waals surface area (Å²) >= 11 is 0. The van der Waals surface area contributed by atoms with Crippen molar-refractivity contribution in [1.82, 2.24) is 19.8 Å². The van der Waals surface area contributed by atoms with Gasteiger partial charge in [0, 0.05) is 49.6 Å². The van der Waals surface area contributed by atoms with Gasteiger partial charge in [0.15, 0.2) is 0 Å². The molecular weight excluding hydrogens is 424 g/mol. The number of likely N-dealkylation sites (tertiary alicyclic amines) is 1. The summed E-state index contributed by atoms with van der Waals surface area (Å²) in [5.41, 5.74) is 2.01. The number of piperidine rings is 1. The van der Waals surface area contributed by atoms with Gasteiger partial charge in [-0.1, -0.05) is 19.3 Å². The van der Waals surface area contributed by atoms with E-state index in [0.717, 1.165) is 73.0 Å². The average Bonchev–Trinajstić information content (AvgIpc) is 2.84. The Labute approximate surface area is 205 Å². The molecule has 0 bridgehead atoms. The van der Waals surface area contributed by atoms with Crippen LogP contribution in [0, 0.1) is 0 Å². The topological polar surface area (TPSA) is 65.5 Å². The Morgan fingerprint density at radius 1 is 1.06 bits per heavy atom. The molecule has 0 spiro atoms. The number of fused-ring (bicyclic) bond motifs is 1. The highest BCUT2D eigenvalue weighted by atomic mass is 16.5. The predicted octanol–water partition coefficient (Wildman–Crippen LogP) is 4.94. The van der Waals surface area contributed by atoms with Crippen molar-refractivity contribution in [3.63, 3.8) is 0 Å². The van der Waals surface area contributed by atoms with Gasteiger partial charge in [0.2, 0.25) is 0 Å². The van der Waals surface area contributed by atoms with E-state index < -0.39 is 0 Å². The molecule has 2 aliphatic rings. The lowest BCUT2D eigenvalue weighted by molar-refractivity contribution is 0.177. The van der Waals surface area contributed by atoms with Crippen molar-refractivity contribution in [2.45, 2.75) is 76.8 Å². The average molecular weight is 469 g/mol. The molecule has 188 valence electrons. The fourth-order valence-corrected chi connectivity index (χ4v) is 5.30. The van der Waals surface area contributed by atoms with Crippen molar-refractivity contribution in [2.75, 3.05) is 58.0 Å². The van der Waals surface area contributed by atoms with Crippen LogP contribution >= 0.6 is 0 Å². The molecule has 0 radical (unpaired) electrons. The zero-order valence-electron chi connectivity index (χ0n) is 21.9. The van der Waals surface area contributed by atoms with Crippen LogP contribution in [0.4, 0.5) is 11.5 Å². The highest BCUT2D eigenvalue weighted by Gasteiger charge is 2.24. The summed E-state index contributed by atoms with van der Waals surface area (Å²) in [7, 11) is 5.92. The van der Waals surface area contributed by atoms with E-state index in [2.05, 4.69) is 60.5 Å². The van der Waals surface area contributed by atoms with Gasteiger partial charge in [0.05, 0.1) is 18.3 Å². The second-order valence-corrected chi connectivity index (χ2v) is 10.6. The van der Waals surface area contributed by atoms with E-state index in [0.29, 0.717) is 18.0 Å². The number of ether oxygens (including phenoxy) is 1. The molecule has 2 fully saturated rings. The maximum Gasteiger partial charge on any atom is 0.142 e. The number of hydrogen-bond acceptors (Lipinski definition) is 7. The van der Waals surface area contributed by atoms with Crippen molar-refractivity contribution in [1.29, 1.82) is 0 Å². The molecule has 2 heterocycles. The molecule has 1 saturated carbocycles. The summed E-state index contributed by atoms with van der Waals surface area (Å²) in [5, 5.41) is 8.44. The Hall–Kier alpha value is -2.12.